The van der Waals surface area contributed by atoms with Gasteiger partial charge in [0, 0.05) is 0 Å². The van der Waals surface area contributed by atoms with E-state index in [2.05, 4.69) is 6.58 Å². The van der Waals surface area contributed by atoms with E-state index in [0.717, 1.165) is 0 Å². The normalized spacial score (nSPS) is 12.7. The molecule has 3 rings (SSSR count). The summed E-state index contributed by atoms with van der Waals surface area (Å²) in [5, 5.41) is 0. The number of hydrogen-bond donors (Lipinski definition) is 0. The van der Waals surface area contributed by atoms with Crippen molar-refractivity contribution < 1.29 is 23.9 Å². The summed E-state index contributed by atoms with van der Waals surface area (Å²) in [6.45, 7) is 5.85. The SMILES string of the molecule is C=CCOC(=O)c1cc(CN2C(=O)c3ccccc3C2=O)ccc1OCC. The third-order valence-electron chi connectivity index (χ3n) is 4.11. The van der Waals surface area contributed by atoms with E-state index in [4.69, 9.17) is 9.47 Å². The Morgan fingerprint density at radius 2 is 1.78 bits per heavy atom. The Bertz CT molecular complexity index is 884. The molecular weight excluding hydrogens is 346 g/mol. The zero-order chi connectivity index (χ0) is 19.4. The molecule has 0 radical (unpaired) electrons. The third-order valence-corrected chi connectivity index (χ3v) is 4.11. The van der Waals surface area contributed by atoms with Crippen LogP contribution >= 0.6 is 0 Å². The molecule has 1 heterocycles. The number of carbonyl (C=O) groups is 3. The molecule has 0 aliphatic carbocycles. The molecule has 6 heteroatoms. The van der Waals surface area contributed by atoms with Crippen LogP contribution in [0.25, 0.3) is 0 Å². The number of amides is 2. The Labute approximate surface area is 157 Å². The Kier molecular flexibility index (Phi) is 5.35. The number of imide groups is 1. The smallest absolute Gasteiger partial charge is 0.342 e. The van der Waals surface area contributed by atoms with Crippen molar-refractivity contribution in [3.8, 4) is 5.75 Å². The molecule has 2 aromatic carbocycles. The van der Waals surface area contributed by atoms with Crippen molar-refractivity contribution >= 4 is 17.8 Å². The Morgan fingerprint density at radius 3 is 2.37 bits per heavy atom. The van der Waals surface area contributed by atoms with E-state index < -0.39 is 5.97 Å². The lowest BCUT2D eigenvalue weighted by Crippen LogP contribution is -2.29. The fourth-order valence-corrected chi connectivity index (χ4v) is 2.89. The number of hydrogen-bond acceptors (Lipinski definition) is 5. The number of nitrogens with zero attached hydrogens (tertiary/aromatic N) is 1. The molecule has 2 amide bonds. The van der Waals surface area contributed by atoms with Crippen LogP contribution in [-0.2, 0) is 11.3 Å². The van der Waals surface area contributed by atoms with Gasteiger partial charge < -0.3 is 9.47 Å². The molecule has 27 heavy (non-hydrogen) atoms. The molecule has 0 unspecified atom stereocenters. The van der Waals surface area contributed by atoms with Crippen molar-refractivity contribution in [1.82, 2.24) is 4.90 Å². The van der Waals surface area contributed by atoms with Gasteiger partial charge in [0.2, 0.25) is 0 Å². The Balaban J connectivity index is 1.87. The number of rotatable bonds is 7. The number of ether oxygens (including phenoxy) is 2. The molecule has 138 valence electrons. The highest BCUT2D eigenvalue weighted by atomic mass is 16.5. The minimum atomic E-state index is -0.553. The van der Waals surface area contributed by atoms with Gasteiger partial charge in [-0.25, -0.2) is 4.79 Å². The van der Waals surface area contributed by atoms with E-state index in [9.17, 15) is 14.4 Å². The minimum Gasteiger partial charge on any atom is -0.493 e. The highest BCUT2D eigenvalue weighted by molar-refractivity contribution is 6.21. The third kappa shape index (κ3) is 3.60. The van der Waals surface area contributed by atoms with Gasteiger partial charge in [-0.2, -0.15) is 0 Å². The second-order valence-corrected chi connectivity index (χ2v) is 5.89. The standard InChI is InChI=1S/C21H19NO5/c1-3-11-27-21(25)17-12-14(9-10-18(17)26-4-2)13-22-19(23)15-7-5-6-8-16(15)20(22)24/h3,5-10,12H,1,4,11,13H2,2H3. The monoisotopic (exact) mass is 365 g/mol. The first-order chi connectivity index (χ1) is 13.1. The fraction of sp³-hybridized carbons (Fsp3) is 0.190. The summed E-state index contributed by atoms with van der Waals surface area (Å²) in [7, 11) is 0. The molecular formula is C21H19NO5. The largest absolute Gasteiger partial charge is 0.493 e. The van der Waals surface area contributed by atoms with Gasteiger partial charge in [-0.05, 0) is 36.8 Å². The molecule has 0 fully saturated rings. The summed E-state index contributed by atoms with van der Waals surface area (Å²) in [6.07, 6.45) is 1.47. The van der Waals surface area contributed by atoms with Crippen LogP contribution in [0, 0.1) is 0 Å². The van der Waals surface area contributed by atoms with Crippen molar-refractivity contribution in [2.75, 3.05) is 13.2 Å². The van der Waals surface area contributed by atoms with Gasteiger partial charge in [0.25, 0.3) is 11.8 Å². The lowest BCUT2D eigenvalue weighted by atomic mass is 10.1. The quantitative estimate of drug-likeness (QED) is 0.428. The van der Waals surface area contributed by atoms with Gasteiger partial charge in [0.1, 0.15) is 17.9 Å². The Morgan fingerprint density at radius 1 is 1.11 bits per heavy atom. The van der Waals surface area contributed by atoms with Crippen molar-refractivity contribution in [3.05, 3.63) is 77.4 Å². The van der Waals surface area contributed by atoms with Gasteiger partial charge in [-0.1, -0.05) is 30.9 Å². The highest BCUT2D eigenvalue weighted by Gasteiger charge is 2.35. The van der Waals surface area contributed by atoms with Gasteiger partial charge in [-0.3, -0.25) is 14.5 Å². The predicted molar refractivity (Wildman–Crippen MR) is 98.7 cm³/mol. The maximum Gasteiger partial charge on any atom is 0.342 e. The maximum atomic E-state index is 12.5. The number of esters is 1. The summed E-state index contributed by atoms with van der Waals surface area (Å²) in [6, 6.07) is 11.6. The van der Waals surface area contributed by atoms with Crippen LogP contribution in [0.15, 0.2) is 55.1 Å². The van der Waals surface area contributed by atoms with Crippen molar-refractivity contribution in [2.45, 2.75) is 13.5 Å². The minimum absolute atomic E-state index is 0.0560. The van der Waals surface area contributed by atoms with Gasteiger partial charge in [0.15, 0.2) is 0 Å². The molecule has 0 bridgehead atoms. The Hall–Kier alpha value is -3.41. The van der Waals surface area contributed by atoms with E-state index in [1.54, 1.807) is 42.5 Å². The van der Waals surface area contributed by atoms with Crippen LogP contribution < -0.4 is 4.74 Å². The second-order valence-electron chi connectivity index (χ2n) is 5.89. The second kappa shape index (κ2) is 7.86. The summed E-state index contributed by atoms with van der Waals surface area (Å²) in [5.41, 5.74) is 1.64. The first kappa shape index (κ1) is 18.4. The molecule has 0 atom stereocenters. The number of carbonyl (C=O) groups excluding carboxylic acids is 3. The van der Waals surface area contributed by atoms with Crippen LogP contribution in [0.1, 0.15) is 43.6 Å². The first-order valence-corrected chi connectivity index (χ1v) is 8.55. The van der Waals surface area contributed by atoms with Crippen LogP contribution in [0.5, 0.6) is 5.75 Å². The lowest BCUT2D eigenvalue weighted by Gasteiger charge is -2.16. The van der Waals surface area contributed by atoms with E-state index in [0.29, 0.717) is 29.0 Å². The molecule has 0 aromatic heterocycles. The number of benzene rings is 2. The molecule has 0 saturated heterocycles. The molecule has 0 N–H and O–H groups in total. The van der Waals surface area contributed by atoms with E-state index in [-0.39, 0.29) is 30.5 Å². The average molecular weight is 365 g/mol. The van der Waals surface area contributed by atoms with E-state index in [1.807, 2.05) is 6.92 Å². The molecule has 6 nitrogen and oxygen atoms in total. The van der Waals surface area contributed by atoms with Crippen LogP contribution in [0.4, 0.5) is 0 Å². The molecule has 1 aliphatic rings. The van der Waals surface area contributed by atoms with Gasteiger partial charge in [0.05, 0.1) is 24.3 Å². The summed E-state index contributed by atoms with van der Waals surface area (Å²) in [5.74, 6) is -0.860. The van der Waals surface area contributed by atoms with Gasteiger partial charge in [-0.15, -0.1) is 0 Å². The first-order valence-electron chi connectivity index (χ1n) is 8.55. The van der Waals surface area contributed by atoms with Gasteiger partial charge >= 0.3 is 5.97 Å². The zero-order valence-corrected chi connectivity index (χ0v) is 14.9. The fourth-order valence-electron chi connectivity index (χ4n) is 2.89. The van der Waals surface area contributed by atoms with Crippen molar-refractivity contribution in [2.24, 2.45) is 0 Å². The van der Waals surface area contributed by atoms with E-state index in [1.165, 1.54) is 11.0 Å². The average Bonchev–Trinajstić information content (AvgIpc) is 2.92. The number of fused-ring (bicyclic) bond motifs is 1. The van der Waals surface area contributed by atoms with Crippen LogP contribution in [-0.4, -0.2) is 35.9 Å². The molecule has 2 aromatic rings. The topological polar surface area (TPSA) is 72.9 Å². The summed E-state index contributed by atoms with van der Waals surface area (Å²) >= 11 is 0. The lowest BCUT2D eigenvalue weighted by molar-refractivity contribution is 0.0544. The summed E-state index contributed by atoms with van der Waals surface area (Å²) in [4.78, 5) is 38.5. The summed E-state index contributed by atoms with van der Waals surface area (Å²) < 4.78 is 10.6. The zero-order valence-electron chi connectivity index (χ0n) is 14.9. The van der Waals surface area contributed by atoms with Crippen LogP contribution in [0.2, 0.25) is 0 Å². The van der Waals surface area contributed by atoms with E-state index >= 15 is 0 Å². The van der Waals surface area contributed by atoms with Crippen LogP contribution in [0.3, 0.4) is 0 Å². The highest BCUT2D eigenvalue weighted by Crippen LogP contribution is 2.27. The van der Waals surface area contributed by atoms with Crippen molar-refractivity contribution in [1.29, 1.82) is 0 Å². The van der Waals surface area contributed by atoms with Crippen molar-refractivity contribution in [3.63, 3.8) is 0 Å². The maximum absolute atomic E-state index is 12.5. The molecule has 1 aliphatic heterocycles. The predicted octanol–water partition coefficient (Wildman–Crippen LogP) is 3.22. The molecule has 0 saturated carbocycles. The molecule has 0 spiro atoms.